The lowest BCUT2D eigenvalue weighted by molar-refractivity contribution is -0.137. The van der Waals surface area contributed by atoms with Gasteiger partial charge >= 0.3 is 6.18 Å². The highest BCUT2D eigenvalue weighted by atomic mass is 32.1. The van der Waals surface area contributed by atoms with Crippen LogP contribution in [0.1, 0.15) is 24.5 Å². The molecule has 0 spiro atoms. The summed E-state index contributed by atoms with van der Waals surface area (Å²) in [5.41, 5.74) is -0.629. The molecule has 0 aliphatic rings. The van der Waals surface area contributed by atoms with Gasteiger partial charge in [0.25, 0.3) is 5.91 Å². The van der Waals surface area contributed by atoms with Crippen LogP contribution in [0.5, 0.6) is 0 Å². The number of nitrogens with zero attached hydrogens (tertiary/aromatic N) is 5. The first kappa shape index (κ1) is 26.0. The van der Waals surface area contributed by atoms with Crippen LogP contribution < -0.4 is 10.2 Å². The normalized spacial score (nSPS) is 12.2. The summed E-state index contributed by atoms with van der Waals surface area (Å²) >= 11 is 1.38. The van der Waals surface area contributed by atoms with Gasteiger partial charge in [0, 0.05) is 6.54 Å². The van der Waals surface area contributed by atoms with E-state index in [9.17, 15) is 22.8 Å². The van der Waals surface area contributed by atoms with Crippen LogP contribution in [0.3, 0.4) is 0 Å². The third kappa shape index (κ3) is 6.20. The molecule has 1 atom stereocenters. The number of tetrazole rings is 1. The summed E-state index contributed by atoms with van der Waals surface area (Å²) in [6.07, 6.45) is -4.67. The van der Waals surface area contributed by atoms with E-state index < -0.39 is 41.8 Å². The standard InChI is InChI=1S/C25H23F3N6O2S/c1-2-19(24(36)29-15-17-9-4-3-5-10-17)34(20-12-7-6-11-18(20)25(26,27)28)22(35)16-33-31-23(30-32-33)21-13-8-14-37-21/h3-14,19H,2,15-16H2,1H3,(H,29,36)/t19-/m0/s1. The number of halogens is 3. The first-order valence-corrected chi connectivity index (χ1v) is 12.3. The van der Waals surface area contributed by atoms with E-state index in [1.54, 1.807) is 13.0 Å². The van der Waals surface area contributed by atoms with Crippen molar-refractivity contribution in [2.45, 2.75) is 38.7 Å². The minimum Gasteiger partial charge on any atom is -0.350 e. The lowest BCUT2D eigenvalue weighted by atomic mass is 10.1. The molecule has 0 bridgehead atoms. The first-order chi connectivity index (χ1) is 17.8. The smallest absolute Gasteiger partial charge is 0.350 e. The number of rotatable bonds is 9. The van der Waals surface area contributed by atoms with E-state index in [2.05, 4.69) is 20.7 Å². The number of carbonyl (C=O) groups is 2. The summed E-state index contributed by atoms with van der Waals surface area (Å²) in [5, 5.41) is 16.6. The lowest BCUT2D eigenvalue weighted by Gasteiger charge is -2.32. The van der Waals surface area contributed by atoms with E-state index in [0.29, 0.717) is 0 Å². The van der Waals surface area contributed by atoms with Crippen molar-refractivity contribution in [1.82, 2.24) is 25.5 Å². The highest BCUT2D eigenvalue weighted by molar-refractivity contribution is 7.13. The predicted octanol–water partition coefficient (Wildman–Crippen LogP) is 4.55. The fraction of sp³-hybridized carbons (Fsp3) is 0.240. The maximum Gasteiger partial charge on any atom is 0.418 e. The summed E-state index contributed by atoms with van der Waals surface area (Å²) < 4.78 is 41.8. The molecule has 192 valence electrons. The van der Waals surface area contributed by atoms with Gasteiger partial charge in [-0.05, 0) is 40.8 Å². The van der Waals surface area contributed by atoms with E-state index in [1.807, 2.05) is 41.8 Å². The molecule has 0 radical (unpaired) electrons. The van der Waals surface area contributed by atoms with Crippen molar-refractivity contribution in [2.24, 2.45) is 0 Å². The molecule has 2 heterocycles. The summed E-state index contributed by atoms with van der Waals surface area (Å²) in [6.45, 7) is 1.28. The molecule has 0 fully saturated rings. The van der Waals surface area contributed by atoms with Crippen LogP contribution in [-0.4, -0.2) is 38.1 Å². The Morgan fingerprint density at radius 2 is 1.78 bits per heavy atom. The van der Waals surface area contributed by atoms with Gasteiger partial charge in [-0.15, -0.1) is 21.5 Å². The number of alkyl halides is 3. The number of aromatic nitrogens is 4. The van der Waals surface area contributed by atoms with Crippen LogP contribution >= 0.6 is 11.3 Å². The Morgan fingerprint density at radius 1 is 1.05 bits per heavy atom. The molecule has 37 heavy (non-hydrogen) atoms. The Morgan fingerprint density at radius 3 is 2.46 bits per heavy atom. The molecule has 0 saturated carbocycles. The number of hydrogen-bond acceptors (Lipinski definition) is 6. The second-order valence-electron chi connectivity index (χ2n) is 8.03. The molecule has 2 aromatic heterocycles. The van der Waals surface area contributed by atoms with Crippen molar-refractivity contribution in [3.8, 4) is 10.7 Å². The van der Waals surface area contributed by atoms with Gasteiger partial charge in [-0.2, -0.15) is 18.0 Å². The van der Waals surface area contributed by atoms with Crippen LogP contribution in [-0.2, 0) is 28.9 Å². The van der Waals surface area contributed by atoms with E-state index in [4.69, 9.17) is 0 Å². The van der Waals surface area contributed by atoms with Crippen molar-refractivity contribution in [2.75, 3.05) is 4.90 Å². The molecule has 2 aromatic carbocycles. The topological polar surface area (TPSA) is 93.0 Å². The van der Waals surface area contributed by atoms with Crippen molar-refractivity contribution in [1.29, 1.82) is 0 Å². The third-order valence-electron chi connectivity index (χ3n) is 5.52. The van der Waals surface area contributed by atoms with Gasteiger partial charge in [0.2, 0.25) is 11.7 Å². The van der Waals surface area contributed by atoms with Gasteiger partial charge in [0.15, 0.2) is 0 Å². The maximum absolute atomic E-state index is 13.9. The van der Waals surface area contributed by atoms with Gasteiger partial charge in [0.1, 0.15) is 12.6 Å². The average Bonchev–Trinajstić information content (AvgIpc) is 3.58. The monoisotopic (exact) mass is 528 g/mol. The molecule has 0 aliphatic carbocycles. The molecule has 0 aliphatic heterocycles. The molecule has 8 nitrogen and oxygen atoms in total. The number of benzene rings is 2. The highest BCUT2D eigenvalue weighted by Crippen LogP contribution is 2.37. The van der Waals surface area contributed by atoms with Crippen molar-refractivity contribution >= 4 is 28.8 Å². The molecule has 0 unspecified atom stereocenters. The Labute approximate surface area is 214 Å². The number of thiophene rings is 1. The maximum atomic E-state index is 13.9. The zero-order valence-electron chi connectivity index (χ0n) is 19.7. The van der Waals surface area contributed by atoms with E-state index in [1.165, 1.54) is 29.5 Å². The second-order valence-corrected chi connectivity index (χ2v) is 8.97. The number of hydrogen-bond donors (Lipinski definition) is 1. The SMILES string of the molecule is CC[C@@H](C(=O)NCc1ccccc1)N(C(=O)Cn1nnc(-c2cccs2)n1)c1ccccc1C(F)(F)F. The fourth-order valence-corrected chi connectivity index (χ4v) is 4.45. The second kappa shape index (κ2) is 11.3. The number of nitrogens with one attached hydrogen (secondary N) is 1. The molecule has 12 heteroatoms. The largest absolute Gasteiger partial charge is 0.418 e. The molecular formula is C25H23F3N6O2S. The molecular weight excluding hydrogens is 505 g/mol. The third-order valence-corrected chi connectivity index (χ3v) is 6.39. The van der Waals surface area contributed by atoms with Gasteiger partial charge in [-0.25, -0.2) is 0 Å². The minimum atomic E-state index is -4.74. The highest BCUT2D eigenvalue weighted by Gasteiger charge is 2.39. The van der Waals surface area contributed by atoms with E-state index in [-0.39, 0.29) is 18.8 Å². The average molecular weight is 529 g/mol. The quantitative estimate of drug-likeness (QED) is 0.344. The van der Waals surface area contributed by atoms with Crippen LogP contribution in [0.4, 0.5) is 18.9 Å². The summed E-state index contributed by atoms with van der Waals surface area (Å²) in [4.78, 5) is 29.3. The van der Waals surface area contributed by atoms with Crippen LogP contribution in [0.15, 0.2) is 72.1 Å². The fourth-order valence-electron chi connectivity index (χ4n) is 3.80. The van der Waals surface area contributed by atoms with Crippen LogP contribution in [0, 0.1) is 0 Å². The van der Waals surface area contributed by atoms with E-state index >= 15 is 0 Å². The molecule has 4 rings (SSSR count). The Kier molecular flexibility index (Phi) is 7.97. The van der Waals surface area contributed by atoms with Gasteiger partial charge in [0.05, 0.1) is 16.1 Å². The predicted molar refractivity (Wildman–Crippen MR) is 132 cm³/mol. The van der Waals surface area contributed by atoms with Crippen LogP contribution in [0.25, 0.3) is 10.7 Å². The number of amides is 2. The summed E-state index contributed by atoms with van der Waals surface area (Å²) in [6, 6.07) is 16.1. The van der Waals surface area contributed by atoms with Gasteiger partial charge in [-0.3, -0.25) is 14.5 Å². The Hall–Kier alpha value is -4.06. The van der Waals surface area contributed by atoms with Gasteiger partial charge in [-0.1, -0.05) is 55.5 Å². The minimum absolute atomic E-state index is 0.0732. The number of para-hydroxylation sites is 1. The zero-order valence-corrected chi connectivity index (χ0v) is 20.5. The first-order valence-electron chi connectivity index (χ1n) is 11.4. The van der Waals surface area contributed by atoms with Crippen molar-refractivity contribution in [3.05, 3.63) is 83.2 Å². The van der Waals surface area contributed by atoms with Gasteiger partial charge < -0.3 is 5.32 Å². The molecule has 4 aromatic rings. The Balaban J connectivity index is 1.65. The Bertz CT molecular complexity index is 1340. The lowest BCUT2D eigenvalue weighted by Crippen LogP contribution is -2.51. The summed E-state index contributed by atoms with van der Waals surface area (Å²) in [7, 11) is 0. The molecule has 1 N–H and O–H groups in total. The van der Waals surface area contributed by atoms with E-state index in [0.717, 1.165) is 26.2 Å². The summed E-state index contributed by atoms with van der Waals surface area (Å²) in [5.74, 6) is -1.08. The van der Waals surface area contributed by atoms with Crippen molar-refractivity contribution < 1.29 is 22.8 Å². The molecule has 2 amide bonds. The van der Waals surface area contributed by atoms with Crippen LogP contribution in [0.2, 0.25) is 0 Å². The van der Waals surface area contributed by atoms with Crippen molar-refractivity contribution in [3.63, 3.8) is 0 Å². The number of anilines is 1. The number of carbonyl (C=O) groups excluding carboxylic acids is 2. The zero-order chi connectivity index (χ0) is 26.4. The molecule has 0 saturated heterocycles.